The molecule has 1 aliphatic carbocycles. The summed E-state index contributed by atoms with van der Waals surface area (Å²) in [6.45, 7) is 6.41. The zero-order valence-corrected chi connectivity index (χ0v) is 15.0. The van der Waals surface area contributed by atoms with E-state index in [2.05, 4.69) is 60.2 Å². The summed E-state index contributed by atoms with van der Waals surface area (Å²) in [5.41, 5.74) is 9.98. The van der Waals surface area contributed by atoms with Crippen molar-refractivity contribution < 1.29 is 4.84 Å². The quantitative estimate of drug-likeness (QED) is 0.648. The smallest absolute Gasteiger partial charge is 0.182 e. The predicted molar refractivity (Wildman–Crippen MR) is 101 cm³/mol. The Kier molecular flexibility index (Phi) is 3.23. The summed E-state index contributed by atoms with van der Waals surface area (Å²) in [6, 6.07) is 12.5. The Labute approximate surface area is 152 Å². The van der Waals surface area contributed by atoms with Crippen molar-refractivity contribution in [1.29, 1.82) is 0 Å². The van der Waals surface area contributed by atoms with Crippen molar-refractivity contribution in [2.24, 2.45) is 5.16 Å². The summed E-state index contributed by atoms with van der Waals surface area (Å²) < 4.78 is 0. The molecule has 4 heteroatoms. The van der Waals surface area contributed by atoms with Gasteiger partial charge in [-0.2, -0.15) is 0 Å². The third-order valence-corrected chi connectivity index (χ3v) is 5.33. The predicted octanol–water partition coefficient (Wildman–Crippen LogP) is 4.64. The van der Waals surface area contributed by atoms with Gasteiger partial charge in [-0.05, 0) is 55.7 Å². The van der Waals surface area contributed by atoms with Crippen LogP contribution < -0.4 is 0 Å². The lowest BCUT2D eigenvalue weighted by molar-refractivity contribution is 0.0723. The number of oxime groups is 1. The molecule has 0 fully saturated rings. The third-order valence-electron chi connectivity index (χ3n) is 5.33. The van der Waals surface area contributed by atoms with Gasteiger partial charge in [0, 0.05) is 23.5 Å². The van der Waals surface area contributed by atoms with Crippen molar-refractivity contribution in [1.82, 2.24) is 9.97 Å². The van der Waals surface area contributed by atoms with Crippen LogP contribution in [0, 0.1) is 20.8 Å². The summed E-state index contributed by atoms with van der Waals surface area (Å²) >= 11 is 0. The highest BCUT2D eigenvalue weighted by Gasteiger charge is 2.45. The molecule has 0 bridgehead atoms. The zero-order chi connectivity index (χ0) is 17.8. The van der Waals surface area contributed by atoms with E-state index in [9.17, 15) is 0 Å². The largest absolute Gasteiger partial charge is 0.385 e. The van der Waals surface area contributed by atoms with Crippen LogP contribution in [0.15, 0.2) is 53.9 Å². The molecular weight excluding hydrogens is 322 g/mol. The van der Waals surface area contributed by atoms with Crippen LogP contribution in [0.4, 0.5) is 0 Å². The van der Waals surface area contributed by atoms with Gasteiger partial charge in [0.1, 0.15) is 0 Å². The molecule has 0 radical (unpaired) electrons. The molecule has 2 atom stereocenters. The standard InChI is InChI=1S/C22H19N3O/c1-12-10-13(2)17(14(3)11-12)21-18-15-6-4-8-23-19(15)16-7-5-9-24-20(16)22(18)26-25-21/h4-11,18,22H,1-3H3/t18-,22+/m1/s1. The summed E-state index contributed by atoms with van der Waals surface area (Å²) in [7, 11) is 0. The van der Waals surface area contributed by atoms with Gasteiger partial charge in [0.05, 0.1) is 23.0 Å². The maximum atomic E-state index is 5.95. The van der Waals surface area contributed by atoms with Crippen LogP contribution in [0.25, 0.3) is 11.3 Å². The van der Waals surface area contributed by atoms with E-state index in [4.69, 9.17) is 4.84 Å². The molecule has 1 aromatic carbocycles. The van der Waals surface area contributed by atoms with Crippen LogP contribution in [0.5, 0.6) is 0 Å². The van der Waals surface area contributed by atoms with Gasteiger partial charge in [-0.25, -0.2) is 0 Å². The molecule has 3 heterocycles. The van der Waals surface area contributed by atoms with Gasteiger partial charge < -0.3 is 4.84 Å². The number of aryl methyl sites for hydroxylation is 3. The van der Waals surface area contributed by atoms with E-state index >= 15 is 0 Å². The van der Waals surface area contributed by atoms with Gasteiger partial charge in [0.25, 0.3) is 0 Å². The summed E-state index contributed by atoms with van der Waals surface area (Å²) in [6.07, 6.45) is 3.45. The molecule has 0 N–H and O–H groups in total. The van der Waals surface area contributed by atoms with Crippen LogP contribution >= 0.6 is 0 Å². The van der Waals surface area contributed by atoms with Gasteiger partial charge in [0.2, 0.25) is 0 Å². The van der Waals surface area contributed by atoms with Gasteiger partial charge in [-0.1, -0.05) is 28.9 Å². The van der Waals surface area contributed by atoms with E-state index in [1.54, 1.807) is 0 Å². The lowest BCUT2D eigenvalue weighted by Gasteiger charge is -2.28. The van der Waals surface area contributed by atoms with Gasteiger partial charge in [0.15, 0.2) is 6.10 Å². The van der Waals surface area contributed by atoms with E-state index < -0.39 is 0 Å². The van der Waals surface area contributed by atoms with Gasteiger partial charge in [-0.3, -0.25) is 9.97 Å². The molecule has 1 aliphatic heterocycles. The van der Waals surface area contributed by atoms with Crippen LogP contribution in [0.2, 0.25) is 0 Å². The molecule has 3 aromatic rings. The van der Waals surface area contributed by atoms with E-state index in [0.29, 0.717) is 0 Å². The van der Waals surface area contributed by atoms with Crippen LogP contribution in [-0.2, 0) is 4.84 Å². The molecule has 0 spiro atoms. The Morgan fingerprint density at radius 1 is 0.923 bits per heavy atom. The van der Waals surface area contributed by atoms with Crippen molar-refractivity contribution in [3.8, 4) is 11.3 Å². The molecule has 0 unspecified atom stereocenters. The highest BCUT2D eigenvalue weighted by atomic mass is 16.6. The van der Waals surface area contributed by atoms with Crippen LogP contribution in [0.3, 0.4) is 0 Å². The second kappa shape index (κ2) is 5.49. The Bertz CT molecular complexity index is 1050. The van der Waals surface area contributed by atoms with Crippen LogP contribution in [-0.4, -0.2) is 15.7 Å². The first kappa shape index (κ1) is 15.3. The molecule has 26 heavy (non-hydrogen) atoms. The van der Waals surface area contributed by atoms with Gasteiger partial charge >= 0.3 is 0 Å². The number of nitrogens with zero attached hydrogens (tertiary/aromatic N) is 3. The van der Waals surface area contributed by atoms with Crippen molar-refractivity contribution in [2.45, 2.75) is 32.8 Å². The van der Waals surface area contributed by atoms with Crippen LogP contribution in [0.1, 0.15) is 45.5 Å². The number of aromatic nitrogens is 2. The normalized spacial score (nSPS) is 19.9. The molecule has 128 valence electrons. The first-order chi connectivity index (χ1) is 12.6. The molecule has 0 amide bonds. The number of benzene rings is 1. The molecule has 0 saturated carbocycles. The van der Waals surface area contributed by atoms with Crippen molar-refractivity contribution in [3.63, 3.8) is 0 Å². The highest BCUT2D eigenvalue weighted by Crippen LogP contribution is 2.50. The summed E-state index contributed by atoms with van der Waals surface area (Å²) in [4.78, 5) is 15.2. The maximum Gasteiger partial charge on any atom is 0.182 e. The molecule has 5 rings (SSSR count). The number of rotatable bonds is 1. The summed E-state index contributed by atoms with van der Waals surface area (Å²) in [5, 5.41) is 4.55. The lowest BCUT2D eigenvalue weighted by atomic mass is 9.76. The Balaban J connectivity index is 1.74. The first-order valence-corrected chi connectivity index (χ1v) is 8.87. The van der Waals surface area contributed by atoms with Crippen molar-refractivity contribution >= 4 is 5.71 Å². The van der Waals surface area contributed by atoms with E-state index in [1.165, 1.54) is 22.3 Å². The summed E-state index contributed by atoms with van der Waals surface area (Å²) in [5.74, 6) is 0.0150. The molecule has 4 nitrogen and oxygen atoms in total. The minimum absolute atomic E-state index is 0.0150. The fourth-order valence-electron chi connectivity index (χ4n) is 4.42. The number of hydrogen-bond donors (Lipinski definition) is 0. The number of fused-ring (bicyclic) bond motifs is 6. The van der Waals surface area contributed by atoms with E-state index in [0.717, 1.165) is 28.2 Å². The fraction of sp³-hybridized carbons (Fsp3) is 0.227. The second-order valence-electron chi connectivity index (χ2n) is 7.13. The lowest BCUT2D eigenvalue weighted by Crippen LogP contribution is -2.24. The Hall–Kier alpha value is -3.01. The Morgan fingerprint density at radius 2 is 1.65 bits per heavy atom. The average Bonchev–Trinajstić information content (AvgIpc) is 3.06. The average molecular weight is 341 g/mol. The first-order valence-electron chi connectivity index (χ1n) is 8.87. The molecule has 0 saturated heterocycles. The molecule has 2 aromatic heterocycles. The third kappa shape index (κ3) is 2.05. The van der Waals surface area contributed by atoms with E-state index in [1.807, 2.05) is 24.5 Å². The minimum Gasteiger partial charge on any atom is -0.385 e. The molecular formula is C22H19N3O. The topological polar surface area (TPSA) is 47.4 Å². The zero-order valence-electron chi connectivity index (χ0n) is 15.0. The number of pyridine rings is 2. The van der Waals surface area contributed by atoms with Crippen molar-refractivity contribution in [3.05, 3.63) is 82.3 Å². The number of hydrogen-bond acceptors (Lipinski definition) is 4. The molecule has 2 aliphatic rings. The maximum absolute atomic E-state index is 5.95. The highest BCUT2D eigenvalue weighted by molar-refractivity contribution is 6.09. The SMILES string of the molecule is Cc1cc(C)c(C2=NO[C@@H]3c4ncccc4-c4ncccc4[C@H]23)c(C)c1. The van der Waals surface area contributed by atoms with Gasteiger partial charge in [-0.15, -0.1) is 0 Å². The van der Waals surface area contributed by atoms with Crippen molar-refractivity contribution in [2.75, 3.05) is 0 Å². The monoisotopic (exact) mass is 341 g/mol. The Morgan fingerprint density at radius 3 is 2.46 bits per heavy atom. The fourth-order valence-corrected chi connectivity index (χ4v) is 4.42. The minimum atomic E-state index is -0.196. The van der Waals surface area contributed by atoms with E-state index in [-0.39, 0.29) is 12.0 Å². The second-order valence-corrected chi connectivity index (χ2v) is 7.13.